The number of hydrogen-bond donors (Lipinski definition) is 2. The Kier molecular flexibility index (Phi) is 4.56. The minimum atomic E-state index is -0.229. The van der Waals surface area contributed by atoms with Gasteiger partial charge in [-0.15, -0.1) is 0 Å². The van der Waals surface area contributed by atoms with Crippen molar-refractivity contribution < 1.29 is 9.53 Å². The molecule has 0 radical (unpaired) electrons. The Morgan fingerprint density at radius 1 is 1.38 bits per heavy atom. The highest BCUT2D eigenvalue weighted by Crippen LogP contribution is 2.39. The van der Waals surface area contributed by atoms with Crippen molar-refractivity contribution in [3.05, 3.63) is 29.7 Å². The molecule has 1 saturated heterocycles. The van der Waals surface area contributed by atoms with E-state index in [4.69, 9.17) is 4.74 Å². The van der Waals surface area contributed by atoms with E-state index >= 15 is 0 Å². The van der Waals surface area contributed by atoms with Gasteiger partial charge in [-0.05, 0) is 37.4 Å². The molecule has 4 heterocycles. The number of nitrogens with zero attached hydrogens (tertiary/aromatic N) is 4. The highest BCUT2D eigenvalue weighted by atomic mass is 32.1. The minimum Gasteiger partial charge on any atom is -0.479 e. The van der Waals surface area contributed by atoms with Crippen molar-refractivity contribution in [1.82, 2.24) is 25.1 Å². The average Bonchev–Trinajstić information content (AvgIpc) is 3.27. The zero-order chi connectivity index (χ0) is 18.1. The van der Waals surface area contributed by atoms with Crippen LogP contribution in [-0.2, 0) is 7.05 Å². The third-order valence-corrected chi connectivity index (χ3v) is 5.59. The van der Waals surface area contributed by atoms with Crippen LogP contribution in [0.25, 0.3) is 10.2 Å². The molecule has 1 aliphatic heterocycles. The van der Waals surface area contributed by atoms with Gasteiger partial charge in [0.25, 0.3) is 5.91 Å². The summed E-state index contributed by atoms with van der Waals surface area (Å²) in [6.45, 7) is 2.00. The lowest BCUT2D eigenvalue weighted by Gasteiger charge is -2.23. The van der Waals surface area contributed by atoms with E-state index in [1.165, 1.54) is 23.1 Å². The molecule has 9 heteroatoms. The number of carbonyl (C=O) groups excluding carboxylic acids is 1. The first-order valence-electron chi connectivity index (χ1n) is 8.50. The smallest absolute Gasteiger partial charge is 0.260 e. The highest BCUT2D eigenvalue weighted by Gasteiger charge is 2.23. The van der Waals surface area contributed by atoms with E-state index in [-0.39, 0.29) is 5.91 Å². The summed E-state index contributed by atoms with van der Waals surface area (Å²) in [5.41, 5.74) is 2.38. The summed E-state index contributed by atoms with van der Waals surface area (Å²) in [5.74, 6) is 0.697. The van der Waals surface area contributed by atoms with E-state index in [9.17, 15) is 4.79 Å². The molecule has 0 bridgehead atoms. The number of thiazole rings is 1. The quantitative estimate of drug-likeness (QED) is 0.729. The number of ether oxygens (including phenoxy) is 1. The van der Waals surface area contributed by atoms with Gasteiger partial charge in [-0.1, -0.05) is 11.3 Å². The van der Waals surface area contributed by atoms with Crippen molar-refractivity contribution in [3.8, 4) is 5.88 Å². The Morgan fingerprint density at radius 3 is 2.88 bits per heavy atom. The molecule has 1 fully saturated rings. The summed E-state index contributed by atoms with van der Waals surface area (Å²) in [6.07, 6.45) is 7.23. The predicted octanol–water partition coefficient (Wildman–Crippen LogP) is 2.15. The molecule has 3 aromatic heterocycles. The fraction of sp³-hybridized carbons (Fsp3) is 0.412. The summed E-state index contributed by atoms with van der Waals surface area (Å²) in [7, 11) is 3.36. The molecule has 3 aromatic rings. The van der Waals surface area contributed by atoms with Crippen LogP contribution >= 0.6 is 11.3 Å². The second kappa shape index (κ2) is 7.00. The second-order valence-electron chi connectivity index (χ2n) is 6.30. The van der Waals surface area contributed by atoms with Crippen LogP contribution in [0, 0.1) is 0 Å². The number of carbonyl (C=O) groups is 1. The molecule has 0 aromatic carbocycles. The number of piperidine rings is 1. The van der Waals surface area contributed by atoms with E-state index in [1.807, 2.05) is 6.20 Å². The van der Waals surface area contributed by atoms with Gasteiger partial charge in [-0.25, -0.2) is 9.97 Å². The number of aromatic nitrogens is 4. The predicted molar refractivity (Wildman–Crippen MR) is 100.0 cm³/mol. The summed E-state index contributed by atoms with van der Waals surface area (Å²) in [6, 6.07) is 0. The first-order valence-corrected chi connectivity index (χ1v) is 9.31. The molecule has 0 aliphatic carbocycles. The number of anilines is 1. The SMILES string of the molecule is COc1ncc(C2CCNCC2)c2sc(NC(=O)c3cnn(C)c3)nc12. The van der Waals surface area contributed by atoms with Crippen LogP contribution in [0.2, 0.25) is 0 Å². The van der Waals surface area contributed by atoms with Gasteiger partial charge in [-0.2, -0.15) is 5.10 Å². The topological polar surface area (TPSA) is 94.0 Å². The molecule has 4 rings (SSSR count). The third kappa shape index (κ3) is 3.15. The molecular weight excluding hydrogens is 352 g/mol. The number of fused-ring (bicyclic) bond motifs is 1. The van der Waals surface area contributed by atoms with Gasteiger partial charge in [0.05, 0.1) is 23.6 Å². The minimum absolute atomic E-state index is 0.229. The molecular formula is C17H20N6O2S. The van der Waals surface area contributed by atoms with Crippen LogP contribution in [0.3, 0.4) is 0 Å². The molecule has 1 amide bonds. The first kappa shape index (κ1) is 16.9. The van der Waals surface area contributed by atoms with Crippen molar-refractivity contribution in [3.63, 3.8) is 0 Å². The van der Waals surface area contributed by atoms with Gasteiger partial charge >= 0.3 is 0 Å². The van der Waals surface area contributed by atoms with E-state index in [2.05, 4.69) is 25.7 Å². The van der Waals surface area contributed by atoms with Crippen LogP contribution in [0.1, 0.15) is 34.7 Å². The molecule has 0 atom stereocenters. The fourth-order valence-electron chi connectivity index (χ4n) is 3.24. The van der Waals surface area contributed by atoms with Crippen LogP contribution in [0.5, 0.6) is 5.88 Å². The molecule has 0 spiro atoms. The van der Waals surface area contributed by atoms with Gasteiger partial charge in [-0.3, -0.25) is 14.8 Å². The molecule has 26 heavy (non-hydrogen) atoms. The normalized spacial score (nSPS) is 15.3. The number of methoxy groups -OCH3 is 1. The average molecular weight is 372 g/mol. The number of aryl methyl sites for hydroxylation is 1. The number of pyridine rings is 1. The van der Waals surface area contributed by atoms with Crippen LogP contribution < -0.4 is 15.4 Å². The van der Waals surface area contributed by atoms with Crippen molar-refractivity contribution in [2.75, 3.05) is 25.5 Å². The Labute approximate surface area is 154 Å². The lowest BCUT2D eigenvalue weighted by atomic mass is 9.91. The van der Waals surface area contributed by atoms with Crippen LogP contribution in [0.4, 0.5) is 5.13 Å². The molecule has 0 unspecified atom stereocenters. The lowest BCUT2D eigenvalue weighted by molar-refractivity contribution is 0.102. The summed E-state index contributed by atoms with van der Waals surface area (Å²) in [5, 5.41) is 10.8. The third-order valence-electron chi connectivity index (χ3n) is 4.57. The first-order chi connectivity index (χ1) is 12.7. The fourth-order valence-corrected chi connectivity index (χ4v) is 4.28. The molecule has 1 aliphatic rings. The Bertz CT molecular complexity index is 944. The number of nitrogens with one attached hydrogen (secondary N) is 2. The van der Waals surface area contributed by atoms with Crippen molar-refractivity contribution in [2.45, 2.75) is 18.8 Å². The summed E-state index contributed by atoms with van der Waals surface area (Å²) >= 11 is 1.47. The molecule has 0 saturated carbocycles. The maximum Gasteiger partial charge on any atom is 0.260 e. The van der Waals surface area contributed by atoms with Crippen LogP contribution in [-0.4, -0.2) is 45.9 Å². The van der Waals surface area contributed by atoms with E-state index in [0.29, 0.717) is 28.0 Å². The largest absolute Gasteiger partial charge is 0.479 e. The Morgan fingerprint density at radius 2 is 2.19 bits per heavy atom. The van der Waals surface area contributed by atoms with Gasteiger partial charge in [0.15, 0.2) is 5.13 Å². The van der Waals surface area contributed by atoms with Gasteiger partial charge in [0, 0.05) is 19.4 Å². The zero-order valence-electron chi connectivity index (χ0n) is 14.7. The van der Waals surface area contributed by atoms with Crippen molar-refractivity contribution in [1.29, 1.82) is 0 Å². The summed E-state index contributed by atoms with van der Waals surface area (Å²) < 4.78 is 8.00. The second-order valence-corrected chi connectivity index (χ2v) is 7.30. The lowest BCUT2D eigenvalue weighted by Crippen LogP contribution is -2.26. The van der Waals surface area contributed by atoms with Gasteiger partial charge in [0.2, 0.25) is 5.88 Å². The van der Waals surface area contributed by atoms with Crippen molar-refractivity contribution >= 4 is 32.6 Å². The Balaban J connectivity index is 1.69. The van der Waals surface area contributed by atoms with Crippen molar-refractivity contribution in [2.24, 2.45) is 7.05 Å². The van der Waals surface area contributed by atoms with Gasteiger partial charge < -0.3 is 10.1 Å². The van der Waals surface area contributed by atoms with Gasteiger partial charge in [0.1, 0.15) is 5.52 Å². The maximum absolute atomic E-state index is 12.4. The monoisotopic (exact) mass is 372 g/mol. The molecule has 136 valence electrons. The molecule has 8 nitrogen and oxygen atoms in total. The van der Waals surface area contributed by atoms with E-state index in [1.54, 1.807) is 25.0 Å². The summed E-state index contributed by atoms with van der Waals surface area (Å²) in [4.78, 5) is 21.4. The maximum atomic E-state index is 12.4. The molecule has 2 N–H and O–H groups in total. The van der Waals surface area contributed by atoms with Crippen LogP contribution in [0.15, 0.2) is 18.6 Å². The highest BCUT2D eigenvalue weighted by molar-refractivity contribution is 7.22. The van der Waals surface area contributed by atoms with E-state index in [0.717, 1.165) is 30.6 Å². The van der Waals surface area contributed by atoms with E-state index < -0.39 is 0 Å². The standard InChI is InChI=1S/C17H20N6O2S/c1-23-9-11(7-20-23)15(24)22-17-21-13-14(26-17)12(8-19-16(13)25-2)10-3-5-18-6-4-10/h7-10,18H,3-6H2,1-2H3,(H,21,22,24). The Hall–Kier alpha value is -2.52. The number of rotatable bonds is 4. The zero-order valence-corrected chi connectivity index (χ0v) is 15.5. The number of amides is 1. The number of hydrogen-bond acceptors (Lipinski definition) is 7.